The van der Waals surface area contributed by atoms with Crippen molar-refractivity contribution >= 4 is 11.9 Å². The molecule has 1 aromatic rings. The minimum absolute atomic E-state index is 0.0535. The summed E-state index contributed by atoms with van der Waals surface area (Å²) in [5.41, 5.74) is 0.916. The van der Waals surface area contributed by atoms with Gasteiger partial charge >= 0.3 is 0 Å². The van der Waals surface area contributed by atoms with Gasteiger partial charge < -0.3 is 5.11 Å². The summed E-state index contributed by atoms with van der Waals surface area (Å²) in [6.45, 7) is 0. The van der Waals surface area contributed by atoms with Crippen molar-refractivity contribution in [3.63, 3.8) is 0 Å². The van der Waals surface area contributed by atoms with Gasteiger partial charge in [0.15, 0.2) is 5.78 Å². The summed E-state index contributed by atoms with van der Waals surface area (Å²) in [7, 11) is 0. The van der Waals surface area contributed by atoms with Crippen LogP contribution in [-0.2, 0) is 4.79 Å². The first-order valence-corrected chi connectivity index (χ1v) is 4.62. The molecular formula is C13H12O2. The first kappa shape index (κ1) is 11.2. The smallest absolute Gasteiger partial charge is 0.185 e. The van der Waals surface area contributed by atoms with E-state index in [9.17, 15) is 9.90 Å². The van der Waals surface area contributed by atoms with Crippen molar-refractivity contribution in [2.45, 2.75) is 12.5 Å². The van der Waals surface area contributed by atoms with Crippen LogP contribution in [0.3, 0.4) is 0 Å². The first-order chi connectivity index (χ1) is 7.24. The summed E-state index contributed by atoms with van der Waals surface area (Å²) in [5.74, 6) is 1.88. The predicted octanol–water partition coefficient (Wildman–Crippen LogP) is 1.65. The molecule has 0 aromatic heterocycles. The number of aliphatic hydroxyl groups is 1. The first-order valence-electron chi connectivity index (χ1n) is 4.62. The average molecular weight is 200 g/mol. The fourth-order valence-electron chi connectivity index (χ4n) is 1.07. The molecule has 15 heavy (non-hydrogen) atoms. The quantitative estimate of drug-likeness (QED) is 0.592. The van der Waals surface area contributed by atoms with Crippen molar-refractivity contribution in [1.29, 1.82) is 0 Å². The minimum Gasteiger partial charge on any atom is -0.384 e. The van der Waals surface area contributed by atoms with Crippen LogP contribution in [0.2, 0.25) is 0 Å². The SMILES string of the molecule is C#CCC(O)C(=O)/C=C/c1ccccc1. The van der Waals surface area contributed by atoms with E-state index >= 15 is 0 Å². The van der Waals surface area contributed by atoms with Crippen LogP contribution in [0.4, 0.5) is 0 Å². The third kappa shape index (κ3) is 3.80. The maximum atomic E-state index is 11.3. The Labute approximate surface area is 89.3 Å². The highest BCUT2D eigenvalue weighted by Crippen LogP contribution is 2.02. The highest BCUT2D eigenvalue weighted by atomic mass is 16.3. The molecule has 2 nitrogen and oxygen atoms in total. The topological polar surface area (TPSA) is 37.3 Å². The molecule has 0 amide bonds. The lowest BCUT2D eigenvalue weighted by Crippen LogP contribution is -2.16. The van der Waals surface area contributed by atoms with Crippen LogP contribution >= 0.6 is 0 Å². The van der Waals surface area contributed by atoms with Gasteiger partial charge in [0.25, 0.3) is 0 Å². The molecule has 0 spiro atoms. The number of benzene rings is 1. The second kappa shape index (κ2) is 5.79. The summed E-state index contributed by atoms with van der Waals surface area (Å²) >= 11 is 0. The van der Waals surface area contributed by atoms with Crippen molar-refractivity contribution in [1.82, 2.24) is 0 Å². The van der Waals surface area contributed by atoms with E-state index in [1.165, 1.54) is 6.08 Å². The number of aliphatic hydroxyl groups excluding tert-OH is 1. The van der Waals surface area contributed by atoms with Crippen LogP contribution in [0.5, 0.6) is 0 Å². The second-order valence-corrected chi connectivity index (χ2v) is 3.07. The fourth-order valence-corrected chi connectivity index (χ4v) is 1.07. The van der Waals surface area contributed by atoms with E-state index < -0.39 is 6.10 Å². The summed E-state index contributed by atoms with van der Waals surface area (Å²) in [5, 5.41) is 9.25. The average Bonchev–Trinajstić information content (AvgIpc) is 2.27. The lowest BCUT2D eigenvalue weighted by Gasteiger charge is -2.00. The Hall–Kier alpha value is -1.85. The number of carbonyl (C=O) groups excluding carboxylic acids is 1. The molecule has 0 radical (unpaired) electrons. The van der Waals surface area contributed by atoms with Crippen molar-refractivity contribution in [3.05, 3.63) is 42.0 Å². The van der Waals surface area contributed by atoms with Crippen LogP contribution < -0.4 is 0 Å². The Bertz CT molecular complexity index is 385. The molecule has 0 saturated heterocycles. The maximum Gasteiger partial charge on any atom is 0.185 e. The van der Waals surface area contributed by atoms with Crippen LogP contribution in [-0.4, -0.2) is 17.0 Å². The summed E-state index contributed by atoms with van der Waals surface area (Å²) in [4.78, 5) is 11.3. The van der Waals surface area contributed by atoms with Gasteiger partial charge in [-0.2, -0.15) is 0 Å². The van der Waals surface area contributed by atoms with Crippen LogP contribution in [0.1, 0.15) is 12.0 Å². The molecule has 2 heteroatoms. The zero-order valence-corrected chi connectivity index (χ0v) is 8.26. The predicted molar refractivity (Wildman–Crippen MR) is 59.9 cm³/mol. The number of terminal acetylenes is 1. The number of ketones is 1. The van der Waals surface area contributed by atoms with Crippen LogP contribution in [0.15, 0.2) is 36.4 Å². The lowest BCUT2D eigenvalue weighted by atomic mass is 10.1. The molecule has 1 aromatic carbocycles. The third-order valence-electron chi connectivity index (χ3n) is 1.88. The molecule has 0 aliphatic carbocycles. The summed E-state index contributed by atoms with van der Waals surface area (Å²) < 4.78 is 0. The lowest BCUT2D eigenvalue weighted by molar-refractivity contribution is -0.121. The number of carbonyl (C=O) groups is 1. The summed E-state index contributed by atoms with van der Waals surface area (Å²) in [6.07, 6.45) is 6.95. The molecule has 0 saturated carbocycles. The molecule has 1 atom stereocenters. The van der Waals surface area contributed by atoms with Gasteiger partial charge in [-0.15, -0.1) is 12.3 Å². The van der Waals surface area contributed by atoms with Crippen molar-refractivity contribution in [3.8, 4) is 12.3 Å². The van der Waals surface area contributed by atoms with E-state index in [0.717, 1.165) is 5.56 Å². The zero-order chi connectivity index (χ0) is 11.1. The van der Waals surface area contributed by atoms with Gasteiger partial charge in [0.05, 0.1) is 0 Å². The van der Waals surface area contributed by atoms with Crippen molar-refractivity contribution in [2.75, 3.05) is 0 Å². The molecule has 76 valence electrons. The Morgan fingerprint density at radius 1 is 1.47 bits per heavy atom. The molecule has 0 heterocycles. The van der Waals surface area contributed by atoms with Gasteiger partial charge in [-0.3, -0.25) is 4.79 Å². The van der Waals surface area contributed by atoms with Crippen molar-refractivity contribution in [2.24, 2.45) is 0 Å². The highest BCUT2D eigenvalue weighted by Gasteiger charge is 2.09. The number of hydrogen-bond acceptors (Lipinski definition) is 2. The largest absolute Gasteiger partial charge is 0.384 e. The minimum atomic E-state index is -1.09. The molecule has 0 aliphatic heterocycles. The maximum absolute atomic E-state index is 11.3. The zero-order valence-electron chi connectivity index (χ0n) is 8.26. The van der Waals surface area contributed by atoms with E-state index in [2.05, 4.69) is 5.92 Å². The van der Waals surface area contributed by atoms with Gasteiger partial charge in [0, 0.05) is 6.42 Å². The Balaban J connectivity index is 2.59. The van der Waals surface area contributed by atoms with Gasteiger partial charge in [-0.05, 0) is 11.6 Å². The number of rotatable bonds is 4. The van der Waals surface area contributed by atoms with Gasteiger partial charge in [0.2, 0.25) is 0 Å². The van der Waals surface area contributed by atoms with E-state index in [-0.39, 0.29) is 12.2 Å². The molecular weight excluding hydrogens is 188 g/mol. The molecule has 1 unspecified atom stereocenters. The van der Waals surface area contributed by atoms with E-state index in [1.807, 2.05) is 30.3 Å². The monoisotopic (exact) mass is 200 g/mol. The molecule has 1 rings (SSSR count). The summed E-state index contributed by atoms with van der Waals surface area (Å²) in [6, 6.07) is 9.39. The Morgan fingerprint density at radius 3 is 2.73 bits per heavy atom. The third-order valence-corrected chi connectivity index (χ3v) is 1.88. The fraction of sp³-hybridized carbons (Fsp3) is 0.154. The van der Waals surface area contributed by atoms with E-state index in [4.69, 9.17) is 6.42 Å². The highest BCUT2D eigenvalue weighted by molar-refractivity contribution is 5.96. The van der Waals surface area contributed by atoms with Gasteiger partial charge in [0.1, 0.15) is 6.10 Å². The van der Waals surface area contributed by atoms with Gasteiger partial charge in [-0.1, -0.05) is 36.4 Å². The van der Waals surface area contributed by atoms with E-state index in [1.54, 1.807) is 6.08 Å². The van der Waals surface area contributed by atoms with Gasteiger partial charge in [-0.25, -0.2) is 0 Å². The molecule has 0 fully saturated rings. The normalized spacial score (nSPS) is 12.3. The van der Waals surface area contributed by atoms with Crippen LogP contribution in [0, 0.1) is 12.3 Å². The number of hydrogen-bond donors (Lipinski definition) is 1. The van der Waals surface area contributed by atoms with Crippen LogP contribution in [0.25, 0.3) is 6.08 Å². The molecule has 0 bridgehead atoms. The standard InChI is InChI=1S/C13H12O2/c1-2-6-12(14)13(15)10-9-11-7-4-3-5-8-11/h1,3-5,7-10,12,14H,6H2/b10-9+. The second-order valence-electron chi connectivity index (χ2n) is 3.07. The Kier molecular flexibility index (Phi) is 4.33. The van der Waals surface area contributed by atoms with E-state index in [0.29, 0.717) is 0 Å². The van der Waals surface area contributed by atoms with Crippen molar-refractivity contribution < 1.29 is 9.90 Å². The molecule has 0 aliphatic rings. The molecule has 1 N–H and O–H groups in total. The Morgan fingerprint density at radius 2 is 2.13 bits per heavy atom.